The first-order valence-electron chi connectivity index (χ1n) is 10.0. The van der Waals surface area contributed by atoms with E-state index in [0.29, 0.717) is 21.4 Å². The number of aryl methyl sites for hydroxylation is 2. The normalized spacial score (nSPS) is 12.5. The number of amides is 1. The smallest absolute Gasteiger partial charge is 0.258 e. The molecule has 0 spiro atoms. The van der Waals surface area contributed by atoms with Gasteiger partial charge in [-0.25, -0.2) is 0 Å². The average Bonchev–Trinajstić information content (AvgIpc) is 2.73. The number of carbonyl (C=O) groups excluding carboxylic acids is 2. The van der Waals surface area contributed by atoms with E-state index in [1.807, 2.05) is 26.0 Å². The van der Waals surface area contributed by atoms with Crippen LogP contribution in [0.15, 0.2) is 70.9 Å². The number of azo groups is 1. The molecule has 1 atom stereocenters. The highest BCUT2D eigenvalue weighted by molar-refractivity contribution is 6.33. The molecule has 5 nitrogen and oxygen atoms in total. The van der Waals surface area contributed by atoms with Crippen molar-refractivity contribution in [2.75, 3.05) is 5.32 Å². The Morgan fingerprint density at radius 3 is 2.42 bits per heavy atom. The van der Waals surface area contributed by atoms with Gasteiger partial charge in [-0.15, -0.1) is 0 Å². The van der Waals surface area contributed by atoms with Gasteiger partial charge < -0.3 is 5.32 Å². The molecule has 0 saturated heterocycles. The number of benzene rings is 3. The number of nitrogens with one attached hydrogen (secondary N) is 1. The average molecular weight is 455 g/mol. The zero-order chi connectivity index (χ0) is 23.4. The Morgan fingerprint density at radius 2 is 1.77 bits per heavy atom. The number of anilines is 1. The van der Waals surface area contributed by atoms with Gasteiger partial charge in [0.15, 0.2) is 5.78 Å². The van der Waals surface area contributed by atoms with Crippen molar-refractivity contribution in [3.8, 4) is 11.1 Å². The number of rotatable bonds is 6. The number of ketones is 1. The van der Waals surface area contributed by atoms with Crippen molar-refractivity contribution in [1.29, 1.82) is 0 Å². The summed E-state index contributed by atoms with van der Waals surface area (Å²) in [6, 6.07) is 14.7. The van der Waals surface area contributed by atoms with Crippen LogP contribution in [-0.2, 0) is 9.59 Å². The van der Waals surface area contributed by atoms with Crippen LogP contribution in [0.5, 0.6) is 0 Å². The first kappa shape index (κ1) is 21.2. The SMILES string of the molecule is [2H]c1ccc(-c2ccc(N=NC(C(C)=O)C(=O)Nc3ccc(C)cc3C)c(Cl)c2)cc1Cl. The maximum atomic E-state index is 12.6. The van der Waals surface area contributed by atoms with E-state index in [9.17, 15) is 9.59 Å². The molecular formula is C24H21Cl2N3O2. The lowest BCUT2D eigenvalue weighted by Gasteiger charge is -2.12. The molecule has 1 unspecified atom stereocenters. The molecule has 7 heteroatoms. The van der Waals surface area contributed by atoms with E-state index in [2.05, 4.69) is 15.5 Å². The maximum absolute atomic E-state index is 12.6. The van der Waals surface area contributed by atoms with Gasteiger partial charge in [-0.1, -0.05) is 59.1 Å². The Morgan fingerprint density at radius 1 is 1.03 bits per heavy atom. The zero-order valence-corrected chi connectivity index (χ0v) is 18.8. The van der Waals surface area contributed by atoms with Crippen molar-refractivity contribution in [1.82, 2.24) is 0 Å². The van der Waals surface area contributed by atoms with Crippen LogP contribution in [0, 0.1) is 13.8 Å². The van der Waals surface area contributed by atoms with E-state index < -0.39 is 17.7 Å². The van der Waals surface area contributed by atoms with Crippen molar-refractivity contribution in [2.24, 2.45) is 10.2 Å². The second kappa shape index (κ2) is 9.86. The fraction of sp³-hybridized carbons (Fsp3) is 0.167. The molecule has 0 heterocycles. The fourth-order valence-electron chi connectivity index (χ4n) is 2.98. The van der Waals surface area contributed by atoms with E-state index in [0.717, 1.165) is 22.3 Å². The highest BCUT2D eigenvalue weighted by Crippen LogP contribution is 2.32. The van der Waals surface area contributed by atoms with Crippen LogP contribution in [0.1, 0.15) is 19.4 Å². The number of carbonyl (C=O) groups is 2. The van der Waals surface area contributed by atoms with Gasteiger partial charge >= 0.3 is 0 Å². The molecule has 3 rings (SSSR count). The lowest BCUT2D eigenvalue weighted by atomic mass is 10.1. The van der Waals surface area contributed by atoms with Gasteiger partial charge in [0, 0.05) is 10.7 Å². The molecule has 0 bridgehead atoms. The van der Waals surface area contributed by atoms with E-state index in [-0.39, 0.29) is 6.04 Å². The van der Waals surface area contributed by atoms with Crippen LogP contribution >= 0.6 is 23.2 Å². The summed E-state index contributed by atoms with van der Waals surface area (Å²) in [5.74, 6) is -1.00. The molecule has 0 radical (unpaired) electrons. The zero-order valence-electron chi connectivity index (χ0n) is 18.2. The largest absolute Gasteiger partial charge is 0.324 e. The van der Waals surface area contributed by atoms with Crippen molar-refractivity contribution in [3.63, 3.8) is 0 Å². The molecule has 1 N–H and O–H groups in total. The third kappa shape index (κ3) is 5.78. The van der Waals surface area contributed by atoms with Crippen LogP contribution < -0.4 is 5.32 Å². The van der Waals surface area contributed by atoms with Crippen molar-refractivity contribution >= 4 is 46.3 Å². The first-order valence-corrected chi connectivity index (χ1v) is 10.3. The highest BCUT2D eigenvalue weighted by atomic mass is 35.5. The summed E-state index contributed by atoms with van der Waals surface area (Å²) >= 11 is 12.4. The Labute approximate surface area is 192 Å². The molecule has 0 aliphatic heterocycles. The summed E-state index contributed by atoms with van der Waals surface area (Å²) in [4.78, 5) is 24.7. The second-order valence-corrected chi connectivity index (χ2v) is 7.94. The Balaban J connectivity index is 1.80. The summed E-state index contributed by atoms with van der Waals surface area (Å²) in [6.45, 7) is 5.12. The molecule has 0 aliphatic carbocycles. The third-order valence-corrected chi connectivity index (χ3v) is 5.12. The summed E-state index contributed by atoms with van der Waals surface area (Å²) in [6.07, 6.45) is 0. The Bertz CT molecular complexity index is 1230. The molecule has 1 amide bonds. The van der Waals surface area contributed by atoms with E-state index in [4.69, 9.17) is 24.6 Å². The van der Waals surface area contributed by atoms with Gasteiger partial charge in [0.1, 0.15) is 5.69 Å². The minimum Gasteiger partial charge on any atom is -0.324 e. The minimum atomic E-state index is -1.30. The Kier molecular flexibility index (Phi) is 6.75. The van der Waals surface area contributed by atoms with Crippen LogP contribution in [0.2, 0.25) is 10.0 Å². The minimum absolute atomic E-state index is 0.237. The molecule has 0 saturated carbocycles. The lowest BCUT2D eigenvalue weighted by Crippen LogP contribution is -2.32. The standard InChI is InChI=1S/C24H21Cl2N3O2/c1-14-7-9-21(15(2)11-14)27-24(31)23(16(3)30)29-28-22-10-8-18(13-20(22)26)17-5-4-6-19(25)12-17/h4-13,23H,1-3H3,(H,27,31)/i6D. The van der Waals surface area contributed by atoms with Gasteiger partial charge in [-0.3, -0.25) is 9.59 Å². The van der Waals surface area contributed by atoms with E-state index >= 15 is 0 Å². The summed E-state index contributed by atoms with van der Waals surface area (Å²) in [7, 11) is 0. The molecule has 0 fully saturated rings. The maximum Gasteiger partial charge on any atom is 0.258 e. The molecule has 3 aromatic rings. The third-order valence-electron chi connectivity index (χ3n) is 4.60. The van der Waals surface area contributed by atoms with Crippen LogP contribution in [-0.4, -0.2) is 17.7 Å². The molecule has 158 valence electrons. The van der Waals surface area contributed by atoms with Crippen LogP contribution in [0.4, 0.5) is 11.4 Å². The molecular weight excluding hydrogens is 433 g/mol. The summed E-state index contributed by atoms with van der Waals surface area (Å²) < 4.78 is 7.67. The quantitative estimate of drug-likeness (QED) is 0.323. The fourth-order valence-corrected chi connectivity index (χ4v) is 3.38. The Hall–Kier alpha value is -3.02. The van der Waals surface area contributed by atoms with Crippen LogP contribution in [0.3, 0.4) is 0 Å². The van der Waals surface area contributed by atoms with Crippen molar-refractivity contribution in [2.45, 2.75) is 26.8 Å². The number of halogens is 2. The monoisotopic (exact) mass is 454 g/mol. The topological polar surface area (TPSA) is 70.9 Å². The summed E-state index contributed by atoms with van der Waals surface area (Å²) in [5.41, 5.74) is 4.47. The van der Waals surface area contributed by atoms with E-state index in [1.165, 1.54) is 6.92 Å². The van der Waals surface area contributed by atoms with Crippen molar-refractivity contribution in [3.05, 3.63) is 81.8 Å². The van der Waals surface area contributed by atoms with Gasteiger partial charge in [-0.2, -0.15) is 10.2 Å². The van der Waals surface area contributed by atoms with Gasteiger partial charge in [0.25, 0.3) is 5.91 Å². The van der Waals surface area contributed by atoms with E-state index in [1.54, 1.807) is 42.5 Å². The number of hydrogen-bond donors (Lipinski definition) is 1. The van der Waals surface area contributed by atoms with Gasteiger partial charge in [-0.05, 0) is 67.8 Å². The summed E-state index contributed by atoms with van der Waals surface area (Å²) in [5, 5.41) is 11.4. The number of hydrogen-bond acceptors (Lipinski definition) is 4. The highest BCUT2D eigenvalue weighted by Gasteiger charge is 2.23. The molecule has 0 aromatic heterocycles. The van der Waals surface area contributed by atoms with Crippen molar-refractivity contribution < 1.29 is 11.0 Å². The van der Waals surface area contributed by atoms with Gasteiger partial charge in [0.05, 0.1) is 6.39 Å². The van der Waals surface area contributed by atoms with Gasteiger partial charge in [0.2, 0.25) is 6.04 Å². The predicted molar refractivity (Wildman–Crippen MR) is 125 cm³/mol. The molecule has 3 aromatic carbocycles. The number of nitrogens with zero attached hydrogens (tertiary/aromatic N) is 2. The lowest BCUT2D eigenvalue weighted by molar-refractivity contribution is -0.126. The molecule has 0 aliphatic rings. The first-order chi connectivity index (χ1) is 15.2. The second-order valence-electron chi connectivity index (χ2n) is 7.13. The number of Topliss-reactive ketones (excluding diaryl/α,β-unsaturated/α-hetero) is 1. The van der Waals surface area contributed by atoms with Crippen LogP contribution in [0.25, 0.3) is 11.1 Å². The molecule has 31 heavy (non-hydrogen) atoms. The predicted octanol–water partition coefficient (Wildman–Crippen LogP) is 6.96.